The molecule has 2 N–H and O–H groups in total. The third-order valence-electron chi connectivity index (χ3n) is 3.30. The Hall–Kier alpha value is -2.11. The van der Waals surface area contributed by atoms with Crippen molar-refractivity contribution in [3.05, 3.63) is 69.6 Å². The molecule has 0 atom stereocenters. The molecule has 0 aromatic heterocycles. The van der Waals surface area contributed by atoms with Crippen molar-refractivity contribution in [2.24, 2.45) is 5.73 Å². The number of carbonyl (C=O) groups is 1. The lowest BCUT2D eigenvalue weighted by atomic mass is 10.1. The van der Waals surface area contributed by atoms with Crippen LogP contribution in [0.3, 0.4) is 0 Å². The Kier molecular flexibility index (Phi) is 3.11. The minimum absolute atomic E-state index is 0.00177. The minimum atomic E-state index is -3.88. The number of fused-ring (bicyclic) bond motifs is 1. The molecule has 6 heteroatoms. The smallest absolute Gasteiger partial charge is 0.213 e. The number of sulfone groups is 1. The zero-order valence-electron chi connectivity index (χ0n) is 10.7. The first-order valence-electron chi connectivity index (χ1n) is 6.07. The first kappa shape index (κ1) is 13.9. The minimum Gasteiger partial charge on any atom is -0.397 e. The van der Waals surface area contributed by atoms with Gasteiger partial charge in [-0.05, 0) is 29.8 Å². The van der Waals surface area contributed by atoms with E-state index in [1.54, 1.807) is 36.4 Å². The second-order valence-corrected chi connectivity index (χ2v) is 6.87. The van der Waals surface area contributed by atoms with E-state index in [2.05, 4.69) is 0 Å². The molecule has 106 valence electrons. The molecule has 0 radical (unpaired) electrons. The number of halogens is 1. The van der Waals surface area contributed by atoms with Crippen molar-refractivity contribution >= 4 is 32.9 Å². The molecular weight excluding hydrogens is 310 g/mol. The summed E-state index contributed by atoms with van der Waals surface area (Å²) in [5.74, 6) is -0.571. The van der Waals surface area contributed by atoms with Crippen LogP contribution in [0.1, 0.15) is 15.9 Å². The average Bonchev–Trinajstić information content (AvgIpc) is 2.67. The van der Waals surface area contributed by atoms with Gasteiger partial charge < -0.3 is 5.73 Å². The van der Waals surface area contributed by atoms with Crippen molar-refractivity contribution in [2.45, 2.75) is 4.90 Å². The Morgan fingerprint density at radius 2 is 1.62 bits per heavy atom. The Bertz CT molecular complexity index is 883. The van der Waals surface area contributed by atoms with Crippen LogP contribution in [0.25, 0.3) is 5.70 Å². The molecular formula is C15H10ClNO3S. The number of rotatable bonds is 1. The van der Waals surface area contributed by atoms with Crippen LogP contribution in [0.5, 0.6) is 0 Å². The van der Waals surface area contributed by atoms with Gasteiger partial charge in [0.25, 0.3) is 0 Å². The molecule has 0 amide bonds. The fourth-order valence-corrected chi connectivity index (χ4v) is 4.09. The van der Waals surface area contributed by atoms with Crippen LogP contribution in [-0.2, 0) is 9.84 Å². The van der Waals surface area contributed by atoms with Crippen LogP contribution in [0, 0.1) is 0 Å². The summed E-state index contributed by atoms with van der Waals surface area (Å²) in [6.45, 7) is 0. The average molecular weight is 320 g/mol. The lowest BCUT2D eigenvalue weighted by Gasteiger charge is -2.05. The largest absolute Gasteiger partial charge is 0.397 e. The van der Waals surface area contributed by atoms with Gasteiger partial charge in [-0.1, -0.05) is 35.9 Å². The molecule has 21 heavy (non-hydrogen) atoms. The standard InChI is InChI=1S/C15H10ClNO3S/c16-10-7-5-9(6-8-10)13(17)15-14(18)11-3-1-2-4-12(11)21(15,19)20/h1-8H,17H2/b15-13+. The highest BCUT2D eigenvalue weighted by Crippen LogP contribution is 2.36. The van der Waals surface area contributed by atoms with E-state index < -0.39 is 15.6 Å². The molecule has 0 saturated heterocycles. The Labute approximate surface area is 126 Å². The SMILES string of the molecule is N/C(=C1\C(=O)c2ccccc2S1(=O)=O)c1ccc(Cl)cc1. The molecule has 1 aliphatic heterocycles. The van der Waals surface area contributed by atoms with Crippen molar-refractivity contribution in [2.75, 3.05) is 0 Å². The maximum absolute atomic E-state index is 12.5. The number of Topliss-reactive ketones (excluding diaryl/α,β-unsaturated/α-hetero) is 1. The number of benzene rings is 2. The summed E-state index contributed by atoms with van der Waals surface area (Å²) >= 11 is 5.79. The summed E-state index contributed by atoms with van der Waals surface area (Å²) in [5, 5.41) is 0.500. The summed E-state index contributed by atoms with van der Waals surface area (Å²) in [7, 11) is -3.88. The molecule has 0 spiro atoms. The fraction of sp³-hybridized carbons (Fsp3) is 0. The predicted octanol–water partition coefficient (Wildman–Crippen LogP) is 2.64. The molecule has 1 aliphatic rings. The second-order valence-electron chi connectivity index (χ2n) is 4.58. The van der Waals surface area contributed by atoms with Gasteiger partial charge in [-0.3, -0.25) is 4.79 Å². The van der Waals surface area contributed by atoms with Crippen molar-refractivity contribution in [1.82, 2.24) is 0 Å². The van der Waals surface area contributed by atoms with E-state index in [0.29, 0.717) is 10.6 Å². The van der Waals surface area contributed by atoms with Crippen LogP contribution >= 0.6 is 11.6 Å². The highest BCUT2D eigenvalue weighted by atomic mass is 35.5. The predicted molar refractivity (Wildman–Crippen MR) is 80.5 cm³/mol. The first-order valence-corrected chi connectivity index (χ1v) is 7.93. The number of hydrogen-bond donors (Lipinski definition) is 1. The summed E-state index contributed by atoms with van der Waals surface area (Å²) in [6, 6.07) is 12.4. The lowest BCUT2D eigenvalue weighted by molar-refractivity contribution is 0.104. The molecule has 0 aliphatic carbocycles. The van der Waals surface area contributed by atoms with E-state index in [4.69, 9.17) is 17.3 Å². The highest BCUT2D eigenvalue weighted by molar-refractivity contribution is 7.97. The molecule has 0 bridgehead atoms. The quantitative estimate of drug-likeness (QED) is 0.820. The highest BCUT2D eigenvalue weighted by Gasteiger charge is 2.40. The lowest BCUT2D eigenvalue weighted by Crippen LogP contribution is -2.11. The molecule has 2 aromatic carbocycles. The normalized spacial score (nSPS) is 18.4. The van der Waals surface area contributed by atoms with Crippen molar-refractivity contribution in [3.63, 3.8) is 0 Å². The third-order valence-corrected chi connectivity index (χ3v) is 5.43. The molecule has 0 fully saturated rings. The number of allylic oxidation sites excluding steroid dienone is 1. The summed E-state index contributed by atoms with van der Waals surface area (Å²) in [5.41, 5.74) is 6.47. The maximum atomic E-state index is 12.5. The molecule has 3 rings (SSSR count). The van der Waals surface area contributed by atoms with E-state index in [-0.39, 0.29) is 21.1 Å². The van der Waals surface area contributed by atoms with Crippen molar-refractivity contribution in [3.8, 4) is 0 Å². The Morgan fingerprint density at radius 1 is 1.00 bits per heavy atom. The van der Waals surface area contributed by atoms with Crippen molar-refractivity contribution < 1.29 is 13.2 Å². The third kappa shape index (κ3) is 2.05. The van der Waals surface area contributed by atoms with Gasteiger partial charge in [-0.15, -0.1) is 0 Å². The van der Waals surface area contributed by atoms with E-state index in [9.17, 15) is 13.2 Å². The Balaban J connectivity index is 2.27. The van der Waals surface area contributed by atoms with Gasteiger partial charge in [-0.2, -0.15) is 0 Å². The first-order chi connectivity index (χ1) is 9.93. The van der Waals surface area contributed by atoms with Crippen LogP contribution in [0.15, 0.2) is 58.3 Å². The zero-order chi connectivity index (χ0) is 15.2. The molecule has 1 heterocycles. The van der Waals surface area contributed by atoms with E-state index in [1.807, 2.05) is 0 Å². The molecule has 2 aromatic rings. The van der Waals surface area contributed by atoms with Gasteiger partial charge in [0.15, 0.2) is 0 Å². The topological polar surface area (TPSA) is 77.2 Å². The number of hydrogen-bond acceptors (Lipinski definition) is 4. The summed E-state index contributed by atoms with van der Waals surface area (Å²) in [6.07, 6.45) is 0. The monoisotopic (exact) mass is 319 g/mol. The Morgan fingerprint density at radius 3 is 2.24 bits per heavy atom. The van der Waals surface area contributed by atoms with Gasteiger partial charge in [-0.25, -0.2) is 8.42 Å². The number of ketones is 1. The molecule has 4 nitrogen and oxygen atoms in total. The van der Waals surface area contributed by atoms with E-state index >= 15 is 0 Å². The molecule has 0 unspecified atom stereocenters. The van der Waals surface area contributed by atoms with Gasteiger partial charge >= 0.3 is 0 Å². The zero-order valence-corrected chi connectivity index (χ0v) is 12.3. The number of nitrogens with two attached hydrogens (primary N) is 1. The second kappa shape index (κ2) is 4.72. The van der Waals surface area contributed by atoms with Gasteiger partial charge in [0, 0.05) is 10.6 Å². The van der Waals surface area contributed by atoms with Crippen LogP contribution < -0.4 is 5.73 Å². The van der Waals surface area contributed by atoms with Crippen LogP contribution in [0.2, 0.25) is 5.02 Å². The van der Waals surface area contributed by atoms with E-state index in [0.717, 1.165) is 0 Å². The summed E-state index contributed by atoms with van der Waals surface area (Å²) < 4.78 is 25.0. The fourth-order valence-electron chi connectivity index (χ4n) is 2.27. The van der Waals surface area contributed by atoms with Gasteiger partial charge in [0.1, 0.15) is 4.91 Å². The molecule has 0 saturated carbocycles. The van der Waals surface area contributed by atoms with Crippen molar-refractivity contribution in [1.29, 1.82) is 0 Å². The number of carbonyl (C=O) groups excluding carboxylic acids is 1. The van der Waals surface area contributed by atoms with Gasteiger partial charge in [0.2, 0.25) is 15.6 Å². The summed E-state index contributed by atoms with van der Waals surface area (Å²) in [4.78, 5) is 12.0. The van der Waals surface area contributed by atoms with Gasteiger partial charge in [0.05, 0.1) is 10.6 Å². The van der Waals surface area contributed by atoms with E-state index in [1.165, 1.54) is 12.1 Å². The van der Waals surface area contributed by atoms with Crippen LogP contribution in [0.4, 0.5) is 0 Å². The maximum Gasteiger partial charge on any atom is 0.213 e. The van der Waals surface area contributed by atoms with Crippen LogP contribution in [-0.4, -0.2) is 14.2 Å².